The Kier molecular flexibility index (Phi) is 5.45. The summed E-state index contributed by atoms with van der Waals surface area (Å²) in [5.41, 5.74) is -0.593. The van der Waals surface area contributed by atoms with E-state index in [0.29, 0.717) is 12.6 Å². The highest BCUT2D eigenvalue weighted by Crippen LogP contribution is 2.26. The van der Waals surface area contributed by atoms with Crippen LogP contribution in [0.1, 0.15) is 24.2 Å². The molecule has 6 nitrogen and oxygen atoms in total. The highest BCUT2D eigenvalue weighted by atomic mass is 19.4. The third-order valence-electron chi connectivity index (χ3n) is 4.94. The molecule has 0 atom stereocenters. The molecule has 0 saturated carbocycles. The molecule has 9 heteroatoms. The molecular formula is C17H22F3N5O. The fourth-order valence-corrected chi connectivity index (χ4v) is 3.31. The fourth-order valence-electron chi connectivity index (χ4n) is 3.31. The molecule has 0 amide bonds. The van der Waals surface area contributed by atoms with E-state index < -0.39 is 17.4 Å². The average molecular weight is 369 g/mol. The first-order valence-electron chi connectivity index (χ1n) is 8.66. The monoisotopic (exact) mass is 369 g/mol. The Morgan fingerprint density at radius 3 is 2.58 bits per heavy atom. The van der Waals surface area contributed by atoms with Crippen molar-refractivity contribution in [2.24, 2.45) is 13.0 Å². The van der Waals surface area contributed by atoms with Crippen molar-refractivity contribution in [1.82, 2.24) is 24.2 Å². The topological polar surface area (TPSA) is 56.0 Å². The Morgan fingerprint density at radius 1 is 1.27 bits per heavy atom. The maximum atomic E-state index is 12.6. The van der Waals surface area contributed by atoms with Crippen LogP contribution in [-0.2, 0) is 26.2 Å². The molecule has 3 heterocycles. The molecular weight excluding hydrogens is 347 g/mol. The summed E-state index contributed by atoms with van der Waals surface area (Å²) in [7, 11) is 1.93. The van der Waals surface area contributed by atoms with Crippen LogP contribution in [0.3, 0.4) is 0 Å². The molecule has 3 rings (SSSR count). The second kappa shape index (κ2) is 7.61. The third kappa shape index (κ3) is 4.51. The molecule has 26 heavy (non-hydrogen) atoms. The van der Waals surface area contributed by atoms with Gasteiger partial charge in [-0.2, -0.15) is 18.3 Å². The maximum Gasteiger partial charge on any atom is 0.433 e. The fraction of sp³-hybridized carbons (Fsp3) is 0.588. The van der Waals surface area contributed by atoms with Gasteiger partial charge in [-0.05, 0) is 37.9 Å². The van der Waals surface area contributed by atoms with Crippen molar-refractivity contribution in [3.8, 4) is 0 Å². The zero-order valence-corrected chi connectivity index (χ0v) is 14.6. The summed E-state index contributed by atoms with van der Waals surface area (Å²) in [4.78, 5) is 17.6. The number of hydrogen-bond donors (Lipinski definition) is 0. The zero-order chi connectivity index (χ0) is 18.7. The van der Waals surface area contributed by atoms with Crippen molar-refractivity contribution < 1.29 is 13.2 Å². The first kappa shape index (κ1) is 18.6. The summed E-state index contributed by atoms with van der Waals surface area (Å²) in [5.74, 6) is 0.277. The van der Waals surface area contributed by atoms with Gasteiger partial charge in [-0.25, -0.2) is 4.98 Å². The quantitative estimate of drug-likeness (QED) is 0.808. The summed E-state index contributed by atoms with van der Waals surface area (Å²) in [6.07, 6.45) is 0.982. The lowest BCUT2D eigenvalue weighted by atomic mass is 9.96. The second-order valence-electron chi connectivity index (χ2n) is 6.74. The largest absolute Gasteiger partial charge is 0.433 e. The van der Waals surface area contributed by atoms with E-state index >= 15 is 0 Å². The minimum absolute atomic E-state index is 0.277. The average Bonchev–Trinajstić information content (AvgIpc) is 3.00. The number of alkyl halides is 3. The van der Waals surface area contributed by atoms with Crippen LogP contribution < -0.4 is 5.56 Å². The van der Waals surface area contributed by atoms with Gasteiger partial charge in [0.2, 0.25) is 0 Å². The third-order valence-corrected chi connectivity index (χ3v) is 4.94. The number of halogens is 3. The molecule has 2 aromatic rings. The predicted molar refractivity (Wildman–Crippen MR) is 89.6 cm³/mol. The molecule has 0 unspecified atom stereocenters. The summed E-state index contributed by atoms with van der Waals surface area (Å²) in [6, 6.07) is 2.58. The van der Waals surface area contributed by atoms with Crippen molar-refractivity contribution in [2.45, 2.75) is 32.0 Å². The summed E-state index contributed by atoms with van der Waals surface area (Å²) < 4.78 is 40.9. The molecule has 0 spiro atoms. The van der Waals surface area contributed by atoms with E-state index in [1.807, 2.05) is 17.8 Å². The molecule has 0 bridgehead atoms. The normalized spacial score (nSPS) is 16.9. The predicted octanol–water partition coefficient (Wildman–Crippen LogP) is 1.95. The van der Waals surface area contributed by atoms with E-state index in [2.05, 4.69) is 15.0 Å². The van der Waals surface area contributed by atoms with Crippen molar-refractivity contribution >= 4 is 0 Å². The van der Waals surface area contributed by atoms with Gasteiger partial charge >= 0.3 is 6.18 Å². The first-order valence-corrected chi connectivity index (χ1v) is 8.66. The van der Waals surface area contributed by atoms with Gasteiger partial charge < -0.3 is 4.90 Å². The highest BCUT2D eigenvalue weighted by molar-refractivity contribution is 5.04. The van der Waals surface area contributed by atoms with E-state index in [4.69, 9.17) is 0 Å². The van der Waals surface area contributed by atoms with Gasteiger partial charge in [-0.15, -0.1) is 0 Å². The van der Waals surface area contributed by atoms with Gasteiger partial charge in [0, 0.05) is 44.5 Å². The Bertz CT molecular complexity index is 790. The molecule has 0 aliphatic carbocycles. The number of nitrogens with zero attached hydrogens (tertiary/aromatic N) is 5. The number of likely N-dealkylation sites (tertiary alicyclic amines) is 1. The molecule has 142 valence electrons. The molecule has 0 N–H and O–H groups in total. The van der Waals surface area contributed by atoms with E-state index in [1.165, 1.54) is 10.3 Å². The zero-order valence-electron chi connectivity index (χ0n) is 14.6. The van der Waals surface area contributed by atoms with Gasteiger partial charge in [0.15, 0.2) is 5.69 Å². The van der Waals surface area contributed by atoms with Crippen molar-refractivity contribution in [2.75, 3.05) is 19.6 Å². The van der Waals surface area contributed by atoms with E-state index in [-0.39, 0.29) is 5.92 Å². The van der Waals surface area contributed by atoms with Crippen LogP contribution in [-0.4, -0.2) is 43.9 Å². The minimum Gasteiger partial charge on any atom is -0.303 e. The maximum absolute atomic E-state index is 12.6. The van der Waals surface area contributed by atoms with E-state index in [1.54, 1.807) is 6.20 Å². The smallest absolute Gasteiger partial charge is 0.303 e. The lowest BCUT2D eigenvalue weighted by molar-refractivity contribution is -0.141. The van der Waals surface area contributed by atoms with Gasteiger partial charge in [-0.3, -0.25) is 14.0 Å². The second-order valence-corrected chi connectivity index (χ2v) is 6.74. The van der Waals surface area contributed by atoms with Crippen molar-refractivity contribution in [1.29, 1.82) is 0 Å². The number of hydrogen-bond acceptors (Lipinski definition) is 4. The van der Waals surface area contributed by atoms with Crippen molar-refractivity contribution in [3.63, 3.8) is 0 Å². The lowest BCUT2D eigenvalue weighted by Gasteiger charge is -2.32. The van der Waals surface area contributed by atoms with Crippen LogP contribution >= 0.6 is 0 Å². The lowest BCUT2D eigenvalue weighted by Crippen LogP contribution is -2.37. The molecule has 1 saturated heterocycles. The summed E-state index contributed by atoms with van der Waals surface area (Å²) >= 11 is 0. The first-order chi connectivity index (χ1) is 12.3. The Balaban J connectivity index is 1.50. The number of aromatic nitrogens is 4. The van der Waals surface area contributed by atoms with Crippen LogP contribution in [0.2, 0.25) is 0 Å². The number of piperidine rings is 1. The standard InChI is InChI=1S/C17H22F3N5O/c1-23-14(2-6-22-23)5-9-24-7-3-13(4-8-24)11-25-12-21-15(10-16(25)26)17(18,19)20/h2,6,10,12-13H,3-5,7-9,11H2,1H3. The minimum atomic E-state index is -4.59. The molecule has 1 fully saturated rings. The summed E-state index contributed by atoms with van der Waals surface area (Å²) in [6.45, 7) is 3.21. The Morgan fingerprint density at radius 2 is 2.00 bits per heavy atom. The van der Waals surface area contributed by atoms with Crippen LogP contribution in [0, 0.1) is 5.92 Å². The van der Waals surface area contributed by atoms with Gasteiger partial charge in [0.25, 0.3) is 5.56 Å². The van der Waals surface area contributed by atoms with Crippen molar-refractivity contribution in [3.05, 3.63) is 46.4 Å². The molecule has 0 radical (unpaired) electrons. The molecule has 2 aromatic heterocycles. The van der Waals surface area contributed by atoms with Crippen LogP contribution in [0.4, 0.5) is 13.2 Å². The van der Waals surface area contributed by atoms with Gasteiger partial charge in [-0.1, -0.05) is 0 Å². The number of aryl methyl sites for hydroxylation is 1. The van der Waals surface area contributed by atoms with Crippen LogP contribution in [0.15, 0.2) is 29.5 Å². The van der Waals surface area contributed by atoms with Crippen LogP contribution in [0.25, 0.3) is 0 Å². The summed E-state index contributed by atoms with van der Waals surface area (Å²) in [5, 5.41) is 4.16. The van der Waals surface area contributed by atoms with Crippen LogP contribution in [0.5, 0.6) is 0 Å². The molecule has 1 aliphatic heterocycles. The van der Waals surface area contributed by atoms with Gasteiger partial charge in [0.1, 0.15) is 0 Å². The van der Waals surface area contributed by atoms with Gasteiger partial charge in [0.05, 0.1) is 6.33 Å². The molecule has 0 aromatic carbocycles. The SMILES string of the molecule is Cn1nccc1CCN1CCC(Cn2cnc(C(F)(F)F)cc2=O)CC1. The van der Waals surface area contributed by atoms with E-state index in [9.17, 15) is 18.0 Å². The molecule has 1 aliphatic rings. The highest BCUT2D eigenvalue weighted by Gasteiger charge is 2.33. The Hall–Kier alpha value is -2.16. The Labute approximate surface area is 149 Å². The van der Waals surface area contributed by atoms with E-state index in [0.717, 1.165) is 45.2 Å². The number of rotatable bonds is 5.